The molecule has 0 aliphatic heterocycles. The summed E-state index contributed by atoms with van der Waals surface area (Å²) in [7, 11) is 0. The van der Waals surface area contributed by atoms with Crippen LogP contribution < -0.4 is 16.4 Å². The van der Waals surface area contributed by atoms with Crippen LogP contribution in [0.25, 0.3) is 11.1 Å². The first kappa shape index (κ1) is 17.8. The summed E-state index contributed by atoms with van der Waals surface area (Å²) < 4.78 is 6.34. The molecule has 7 nitrogen and oxygen atoms in total. The lowest BCUT2D eigenvalue weighted by Gasteiger charge is -2.07. The molecule has 2 N–H and O–H groups in total. The van der Waals surface area contributed by atoms with Crippen LogP contribution in [0.15, 0.2) is 57.7 Å². The van der Waals surface area contributed by atoms with Crippen LogP contribution in [0, 0.1) is 0 Å². The predicted molar refractivity (Wildman–Crippen MR) is 97.3 cm³/mol. The van der Waals surface area contributed by atoms with Crippen LogP contribution in [0.5, 0.6) is 0 Å². The Bertz CT molecular complexity index is 992. The fourth-order valence-electron chi connectivity index (χ4n) is 2.44. The first-order chi connectivity index (χ1) is 12.5. The number of nitrogens with zero attached hydrogens (tertiary/aromatic N) is 1. The maximum Gasteiger partial charge on any atom is 0.420 e. The maximum absolute atomic E-state index is 12.0. The molecule has 2 amide bonds. The minimum atomic E-state index is -0.586. The highest BCUT2D eigenvalue weighted by Gasteiger charge is 2.12. The summed E-state index contributed by atoms with van der Waals surface area (Å²) in [5.74, 6) is -1.19. The molecule has 0 aliphatic carbocycles. The van der Waals surface area contributed by atoms with Crippen LogP contribution in [0.4, 0.5) is 0 Å². The van der Waals surface area contributed by atoms with Crippen LogP contribution in [0.3, 0.4) is 0 Å². The zero-order chi connectivity index (χ0) is 18.5. The van der Waals surface area contributed by atoms with E-state index in [1.165, 1.54) is 4.57 Å². The molecule has 1 heterocycles. The second-order valence-electron chi connectivity index (χ2n) is 5.53. The van der Waals surface area contributed by atoms with E-state index < -0.39 is 5.76 Å². The Morgan fingerprint density at radius 3 is 2.46 bits per heavy atom. The SMILES string of the molecule is O=C(Cn1c(=O)oc2ccccc21)NCCNC(=O)c1ccc(Cl)cc1. The molecule has 3 rings (SSSR count). The third-order valence-corrected chi connectivity index (χ3v) is 3.97. The van der Waals surface area contributed by atoms with Gasteiger partial charge in [0.15, 0.2) is 5.58 Å². The van der Waals surface area contributed by atoms with Gasteiger partial charge < -0.3 is 15.1 Å². The number of oxazole rings is 1. The van der Waals surface area contributed by atoms with Crippen molar-refractivity contribution >= 4 is 34.5 Å². The first-order valence-electron chi connectivity index (χ1n) is 7.93. The van der Waals surface area contributed by atoms with Crippen LogP contribution >= 0.6 is 11.6 Å². The molecule has 0 bridgehead atoms. The number of benzene rings is 2. The molecule has 0 unspecified atom stereocenters. The molecule has 0 saturated heterocycles. The fraction of sp³-hybridized carbons (Fsp3) is 0.167. The molecule has 0 aliphatic rings. The monoisotopic (exact) mass is 373 g/mol. The van der Waals surface area contributed by atoms with E-state index in [9.17, 15) is 14.4 Å². The third kappa shape index (κ3) is 4.12. The van der Waals surface area contributed by atoms with E-state index in [2.05, 4.69) is 10.6 Å². The lowest BCUT2D eigenvalue weighted by Crippen LogP contribution is -2.37. The minimum Gasteiger partial charge on any atom is -0.408 e. The van der Waals surface area contributed by atoms with Crippen molar-refractivity contribution in [2.45, 2.75) is 6.54 Å². The van der Waals surface area contributed by atoms with E-state index in [-0.39, 0.29) is 31.4 Å². The Hall–Kier alpha value is -3.06. The number of hydrogen-bond donors (Lipinski definition) is 2. The van der Waals surface area contributed by atoms with Gasteiger partial charge in [-0.3, -0.25) is 14.2 Å². The summed E-state index contributed by atoms with van der Waals surface area (Å²) in [6.45, 7) is 0.345. The predicted octanol–water partition coefficient (Wildman–Crippen LogP) is 1.79. The Labute approximate surface area is 153 Å². The smallest absolute Gasteiger partial charge is 0.408 e. The topological polar surface area (TPSA) is 93.3 Å². The Balaban J connectivity index is 1.48. The molecular weight excluding hydrogens is 358 g/mol. The van der Waals surface area contributed by atoms with Crippen molar-refractivity contribution < 1.29 is 14.0 Å². The number of carbonyl (C=O) groups excluding carboxylic acids is 2. The van der Waals surface area contributed by atoms with E-state index in [1.54, 1.807) is 48.5 Å². The van der Waals surface area contributed by atoms with E-state index in [0.717, 1.165) is 0 Å². The number of fused-ring (bicyclic) bond motifs is 1. The summed E-state index contributed by atoms with van der Waals surface area (Å²) in [6, 6.07) is 13.4. The highest BCUT2D eigenvalue weighted by Crippen LogP contribution is 2.11. The third-order valence-electron chi connectivity index (χ3n) is 3.71. The Morgan fingerprint density at radius 2 is 1.69 bits per heavy atom. The lowest BCUT2D eigenvalue weighted by atomic mass is 10.2. The molecule has 26 heavy (non-hydrogen) atoms. The van der Waals surface area contributed by atoms with Gasteiger partial charge in [0.2, 0.25) is 5.91 Å². The van der Waals surface area contributed by atoms with Crippen LogP contribution in [-0.4, -0.2) is 29.5 Å². The number of nitrogens with one attached hydrogen (secondary N) is 2. The first-order valence-corrected chi connectivity index (χ1v) is 8.31. The van der Waals surface area contributed by atoms with E-state index in [1.807, 2.05) is 0 Å². The summed E-state index contributed by atoms with van der Waals surface area (Å²) in [6.07, 6.45) is 0. The van der Waals surface area contributed by atoms with Gasteiger partial charge in [-0.2, -0.15) is 0 Å². The van der Waals surface area contributed by atoms with Gasteiger partial charge in [0, 0.05) is 23.7 Å². The van der Waals surface area contributed by atoms with Crippen molar-refractivity contribution in [3.05, 3.63) is 69.7 Å². The lowest BCUT2D eigenvalue weighted by molar-refractivity contribution is -0.121. The Morgan fingerprint density at radius 1 is 1.00 bits per heavy atom. The number of carbonyl (C=O) groups is 2. The van der Waals surface area contributed by atoms with Crippen molar-refractivity contribution in [2.24, 2.45) is 0 Å². The van der Waals surface area contributed by atoms with Gasteiger partial charge in [-0.25, -0.2) is 4.79 Å². The maximum atomic E-state index is 12.0. The second kappa shape index (κ2) is 7.88. The van der Waals surface area contributed by atoms with E-state index >= 15 is 0 Å². The van der Waals surface area contributed by atoms with Gasteiger partial charge in [0.05, 0.1) is 5.52 Å². The van der Waals surface area contributed by atoms with Crippen molar-refractivity contribution in [2.75, 3.05) is 13.1 Å². The number of hydrogen-bond acceptors (Lipinski definition) is 4. The van der Waals surface area contributed by atoms with E-state index in [4.69, 9.17) is 16.0 Å². The standard InChI is InChI=1S/C18H16ClN3O4/c19-13-7-5-12(6-8-13)17(24)21-10-9-20-16(23)11-22-14-3-1-2-4-15(14)26-18(22)25/h1-8H,9-11H2,(H,20,23)(H,21,24). The number of aromatic nitrogens is 1. The van der Waals surface area contributed by atoms with E-state index in [0.29, 0.717) is 21.7 Å². The minimum absolute atomic E-state index is 0.152. The summed E-state index contributed by atoms with van der Waals surface area (Å²) in [5.41, 5.74) is 1.47. The average molecular weight is 374 g/mol. The van der Waals surface area contributed by atoms with Gasteiger partial charge in [-0.15, -0.1) is 0 Å². The van der Waals surface area contributed by atoms with Crippen molar-refractivity contribution in [1.82, 2.24) is 15.2 Å². The zero-order valence-electron chi connectivity index (χ0n) is 13.7. The van der Waals surface area contributed by atoms with Crippen LogP contribution in [-0.2, 0) is 11.3 Å². The van der Waals surface area contributed by atoms with Crippen molar-refractivity contribution in [3.63, 3.8) is 0 Å². The molecular formula is C18H16ClN3O4. The fourth-order valence-corrected chi connectivity index (χ4v) is 2.57. The molecule has 2 aromatic carbocycles. The summed E-state index contributed by atoms with van der Waals surface area (Å²) in [4.78, 5) is 35.8. The van der Waals surface area contributed by atoms with Crippen LogP contribution in [0.2, 0.25) is 5.02 Å². The molecule has 134 valence electrons. The number of para-hydroxylation sites is 2. The molecule has 1 aromatic heterocycles. The molecule has 0 atom stereocenters. The summed E-state index contributed by atoms with van der Waals surface area (Å²) >= 11 is 5.77. The number of halogens is 1. The second-order valence-corrected chi connectivity index (χ2v) is 5.97. The van der Waals surface area contributed by atoms with Crippen LogP contribution in [0.1, 0.15) is 10.4 Å². The van der Waals surface area contributed by atoms with Gasteiger partial charge in [0.25, 0.3) is 5.91 Å². The zero-order valence-corrected chi connectivity index (χ0v) is 14.5. The molecule has 8 heteroatoms. The van der Waals surface area contributed by atoms with Crippen molar-refractivity contribution in [3.8, 4) is 0 Å². The highest BCUT2D eigenvalue weighted by molar-refractivity contribution is 6.30. The van der Waals surface area contributed by atoms with Gasteiger partial charge in [0.1, 0.15) is 6.54 Å². The Kier molecular flexibility index (Phi) is 5.38. The molecule has 0 saturated carbocycles. The largest absolute Gasteiger partial charge is 0.420 e. The summed E-state index contributed by atoms with van der Waals surface area (Å²) in [5, 5.41) is 5.89. The number of amides is 2. The highest BCUT2D eigenvalue weighted by atomic mass is 35.5. The van der Waals surface area contributed by atoms with Gasteiger partial charge in [-0.05, 0) is 36.4 Å². The molecule has 0 fully saturated rings. The molecule has 0 radical (unpaired) electrons. The molecule has 3 aromatic rings. The van der Waals surface area contributed by atoms with Gasteiger partial charge >= 0.3 is 5.76 Å². The number of rotatable bonds is 6. The quantitative estimate of drug-likeness (QED) is 0.644. The normalized spacial score (nSPS) is 10.7. The molecule has 0 spiro atoms. The van der Waals surface area contributed by atoms with Gasteiger partial charge in [-0.1, -0.05) is 23.7 Å². The van der Waals surface area contributed by atoms with Crippen molar-refractivity contribution in [1.29, 1.82) is 0 Å². The average Bonchev–Trinajstić information content (AvgIpc) is 2.95.